The van der Waals surface area contributed by atoms with Crippen LogP contribution in [0.5, 0.6) is 5.75 Å². The van der Waals surface area contributed by atoms with E-state index in [1.165, 1.54) is 0 Å². The number of hydrogen-bond acceptors (Lipinski definition) is 8. The maximum Gasteiger partial charge on any atom is 0.317 e. The van der Waals surface area contributed by atoms with E-state index in [9.17, 15) is 9.90 Å². The maximum absolute atomic E-state index is 11.1. The number of anilines is 2. The molecule has 1 unspecified atom stereocenters. The van der Waals surface area contributed by atoms with Crippen LogP contribution in [0.1, 0.15) is 55.5 Å². The molecule has 0 amide bonds. The van der Waals surface area contributed by atoms with E-state index < -0.39 is 5.97 Å². The van der Waals surface area contributed by atoms with Crippen LogP contribution in [-0.4, -0.2) is 63.9 Å². The molecule has 1 heterocycles. The summed E-state index contributed by atoms with van der Waals surface area (Å²) in [7, 11) is 1.63. The standard InChI is InChI=1S/C24H37N5O4/c1-5-7-19(10-11-30)27-23-20(16(3)26-24(25)28-23)13-18-9-8-17(12-21(18)33-4)14-29(6-2)15-22(31)32/h8-9,12,19,30H,5-7,10-11,13-15H2,1-4H3,(H,31,32)(H3,25,26,27,28). The first kappa shape index (κ1) is 26.3. The van der Waals surface area contributed by atoms with Crippen LogP contribution in [0.2, 0.25) is 0 Å². The SMILES string of the molecule is CCCC(CCO)Nc1nc(N)nc(C)c1Cc1ccc(CN(CC)CC(=O)O)cc1OC. The van der Waals surface area contributed by atoms with Gasteiger partial charge in [-0.3, -0.25) is 9.69 Å². The second-order valence-electron chi connectivity index (χ2n) is 8.16. The third kappa shape index (κ3) is 7.87. The van der Waals surface area contributed by atoms with Crippen molar-refractivity contribution in [1.82, 2.24) is 14.9 Å². The summed E-state index contributed by atoms with van der Waals surface area (Å²) < 4.78 is 5.66. The maximum atomic E-state index is 11.1. The number of nitrogen functional groups attached to an aromatic ring is 1. The highest BCUT2D eigenvalue weighted by Crippen LogP contribution is 2.28. The minimum atomic E-state index is -0.845. The second-order valence-corrected chi connectivity index (χ2v) is 8.16. The molecule has 2 rings (SSSR count). The van der Waals surface area contributed by atoms with Gasteiger partial charge in [-0.25, -0.2) is 4.98 Å². The van der Waals surface area contributed by atoms with Crippen LogP contribution in [0, 0.1) is 6.92 Å². The van der Waals surface area contributed by atoms with Crippen molar-refractivity contribution < 1.29 is 19.7 Å². The molecule has 0 saturated heterocycles. The molecule has 1 aromatic heterocycles. The minimum absolute atomic E-state index is 0.00959. The van der Waals surface area contributed by atoms with Crippen LogP contribution in [0.4, 0.5) is 11.8 Å². The van der Waals surface area contributed by atoms with Crippen molar-refractivity contribution in [3.8, 4) is 5.75 Å². The zero-order valence-electron chi connectivity index (χ0n) is 20.1. The van der Waals surface area contributed by atoms with Crippen molar-refractivity contribution in [2.75, 3.05) is 37.9 Å². The Balaban J connectivity index is 2.32. The third-order valence-electron chi connectivity index (χ3n) is 5.62. The number of aromatic nitrogens is 2. The Bertz CT molecular complexity index is 916. The zero-order chi connectivity index (χ0) is 24.4. The van der Waals surface area contributed by atoms with E-state index in [1.54, 1.807) is 7.11 Å². The van der Waals surface area contributed by atoms with Gasteiger partial charge in [-0.05, 0) is 43.5 Å². The number of aliphatic carboxylic acids is 1. The molecule has 9 nitrogen and oxygen atoms in total. The van der Waals surface area contributed by atoms with Crippen LogP contribution in [0.15, 0.2) is 18.2 Å². The van der Waals surface area contributed by atoms with E-state index in [0.29, 0.717) is 31.7 Å². The van der Waals surface area contributed by atoms with Crippen LogP contribution in [0.3, 0.4) is 0 Å². The van der Waals surface area contributed by atoms with Gasteiger partial charge in [-0.1, -0.05) is 32.4 Å². The molecule has 182 valence electrons. The first-order valence-electron chi connectivity index (χ1n) is 11.4. The number of likely N-dealkylation sites (N-methyl/N-ethyl adjacent to an activating group) is 1. The topological polar surface area (TPSA) is 134 Å². The number of nitrogens with two attached hydrogens (primary N) is 1. The number of carboxylic acid groups (broad SMARTS) is 1. The van der Waals surface area contributed by atoms with Gasteiger partial charge in [0.2, 0.25) is 5.95 Å². The zero-order valence-corrected chi connectivity index (χ0v) is 20.1. The van der Waals surface area contributed by atoms with E-state index >= 15 is 0 Å². The van der Waals surface area contributed by atoms with Gasteiger partial charge in [0.15, 0.2) is 0 Å². The minimum Gasteiger partial charge on any atom is -0.496 e. The smallest absolute Gasteiger partial charge is 0.317 e. The summed E-state index contributed by atoms with van der Waals surface area (Å²) in [6, 6.07) is 6.03. The molecular formula is C24H37N5O4. The van der Waals surface area contributed by atoms with Gasteiger partial charge in [0.1, 0.15) is 11.6 Å². The van der Waals surface area contributed by atoms with Crippen molar-refractivity contribution in [2.45, 2.75) is 59.0 Å². The number of nitrogens with one attached hydrogen (secondary N) is 1. The molecule has 0 radical (unpaired) electrons. The molecule has 0 fully saturated rings. The number of methoxy groups -OCH3 is 1. The average molecular weight is 460 g/mol. The highest BCUT2D eigenvalue weighted by atomic mass is 16.5. The van der Waals surface area contributed by atoms with Gasteiger partial charge in [-0.15, -0.1) is 0 Å². The average Bonchev–Trinajstić information content (AvgIpc) is 2.76. The molecule has 2 aromatic rings. The number of ether oxygens (including phenoxy) is 1. The molecule has 0 aliphatic rings. The summed E-state index contributed by atoms with van der Waals surface area (Å²) in [5, 5.41) is 22.0. The van der Waals surface area contributed by atoms with Crippen LogP contribution in [0.25, 0.3) is 0 Å². The van der Waals surface area contributed by atoms with Gasteiger partial charge < -0.3 is 26.0 Å². The summed E-state index contributed by atoms with van der Waals surface area (Å²) in [5.41, 5.74) is 9.59. The Labute approximate surface area is 196 Å². The summed E-state index contributed by atoms with van der Waals surface area (Å²) in [6.07, 6.45) is 3.06. The molecule has 0 saturated carbocycles. The number of benzene rings is 1. The molecule has 9 heteroatoms. The molecule has 0 spiro atoms. The van der Waals surface area contributed by atoms with E-state index in [-0.39, 0.29) is 25.1 Å². The van der Waals surface area contributed by atoms with Crippen LogP contribution in [-0.2, 0) is 17.8 Å². The van der Waals surface area contributed by atoms with E-state index in [1.807, 2.05) is 36.9 Å². The molecule has 5 N–H and O–H groups in total. The van der Waals surface area contributed by atoms with Crippen molar-refractivity contribution in [2.24, 2.45) is 0 Å². The van der Waals surface area contributed by atoms with Gasteiger partial charge in [0.25, 0.3) is 0 Å². The number of aliphatic hydroxyl groups is 1. The molecule has 0 bridgehead atoms. The summed E-state index contributed by atoms with van der Waals surface area (Å²) in [6.45, 7) is 7.20. The van der Waals surface area contributed by atoms with Crippen molar-refractivity contribution in [3.63, 3.8) is 0 Å². The number of rotatable bonds is 14. The highest BCUT2D eigenvalue weighted by Gasteiger charge is 2.18. The second kappa shape index (κ2) is 13.0. The van der Waals surface area contributed by atoms with Gasteiger partial charge in [0.05, 0.1) is 13.7 Å². The van der Waals surface area contributed by atoms with Gasteiger partial charge in [-0.2, -0.15) is 4.98 Å². The Hall–Kier alpha value is -2.91. The number of carbonyl (C=O) groups is 1. The number of aliphatic hydroxyl groups excluding tert-OH is 1. The first-order chi connectivity index (χ1) is 15.8. The lowest BCUT2D eigenvalue weighted by Gasteiger charge is -2.22. The normalized spacial score (nSPS) is 12.1. The first-order valence-corrected chi connectivity index (χ1v) is 11.4. The van der Waals surface area contributed by atoms with E-state index in [4.69, 9.17) is 15.6 Å². The third-order valence-corrected chi connectivity index (χ3v) is 5.62. The fourth-order valence-corrected chi connectivity index (χ4v) is 3.89. The summed E-state index contributed by atoms with van der Waals surface area (Å²) in [5.74, 6) is 0.762. The Kier molecular flexibility index (Phi) is 10.3. The number of nitrogens with zero attached hydrogens (tertiary/aromatic N) is 3. The Morgan fingerprint density at radius 1 is 1.27 bits per heavy atom. The predicted molar refractivity (Wildman–Crippen MR) is 130 cm³/mol. The number of carboxylic acids is 1. The Morgan fingerprint density at radius 2 is 2.03 bits per heavy atom. The van der Waals surface area contributed by atoms with E-state index in [2.05, 4.69) is 22.2 Å². The van der Waals surface area contributed by atoms with Crippen molar-refractivity contribution in [1.29, 1.82) is 0 Å². The highest BCUT2D eigenvalue weighted by molar-refractivity contribution is 5.69. The lowest BCUT2D eigenvalue weighted by atomic mass is 10.0. The molecule has 0 aliphatic heterocycles. The van der Waals surface area contributed by atoms with Crippen LogP contribution >= 0.6 is 0 Å². The Morgan fingerprint density at radius 3 is 2.64 bits per heavy atom. The van der Waals surface area contributed by atoms with Gasteiger partial charge >= 0.3 is 5.97 Å². The molecule has 33 heavy (non-hydrogen) atoms. The number of hydrogen-bond donors (Lipinski definition) is 4. The van der Waals surface area contributed by atoms with Crippen molar-refractivity contribution >= 4 is 17.7 Å². The molecule has 1 atom stereocenters. The number of aryl methyl sites for hydroxylation is 1. The predicted octanol–water partition coefficient (Wildman–Crippen LogP) is 2.84. The quantitative estimate of drug-likeness (QED) is 0.336. The fraction of sp³-hybridized carbons (Fsp3) is 0.542. The largest absolute Gasteiger partial charge is 0.496 e. The molecular weight excluding hydrogens is 422 g/mol. The van der Waals surface area contributed by atoms with Crippen LogP contribution < -0.4 is 15.8 Å². The lowest BCUT2D eigenvalue weighted by molar-refractivity contribution is -0.138. The fourth-order valence-electron chi connectivity index (χ4n) is 3.89. The monoisotopic (exact) mass is 459 g/mol. The van der Waals surface area contributed by atoms with Crippen molar-refractivity contribution in [3.05, 3.63) is 40.6 Å². The molecule has 1 aromatic carbocycles. The van der Waals surface area contributed by atoms with E-state index in [0.717, 1.165) is 41.0 Å². The molecule has 0 aliphatic carbocycles. The summed E-state index contributed by atoms with van der Waals surface area (Å²) >= 11 is 0. The lowest BCUT2D eigenvalue weighted by Crippen LogP contribution is -2.29. The summed E-state index contributed by atoms with van der Waals surface area (Å²) in [4.78, 5) is 21.7. The van der Waals surface area contributed by atoms with Gasteiger partial charge in [0, 0.05) is 36.9 Å².